The van der Waals surface area contributed by atoms with Gasteiger partial charge in [0.15, 0.2) is 0 Å². The topological polar surface area (TPSA) is 15.3 Å². The van der Waals surface area contributed by atoms with E-state index in [1.807, 2.05) is 0 Å². The highest BCUT2D eigenvalue weighted by Gasteiger charge is 2.16. The van der Waals surface area contributed by atoms with Crippen LogP contribution in [0.5, 0.6) is 0 Å². The summed E-state index contributed by atoms with van der Waals surface area (Å²) < 4.78 is 0. The molecule has 0 amide bonds. The molecule has 118 valence electrons. The second kappa shape index (κ2) is 9.22. The van der Waals surface area contributed by atoms with Gasteiger partial charge in [0.1, 0.15) is 0 Å². The molecule has 1 fully saturated rings. The van der Waals surface area contributed by atoms with E-state index in [1.54, 1.807) is 0 Å². The summed E-state index contributed by atoms with van der Waals surface area (Å²) in [4.78, 5) is 2.67. The zero-order chi connectivity index (χ0) is 14.9. The predicted octanol–water partition coefficient (Wildman–Crippen LogP) is 4.30. The Morgan fingerprint density at radius 1 is 1.00 bits per heavy atom. The second-order valence-electron chi connectivity index (χ2n) is 6.49. The fourth-order valence-electron chi connectivity index (χ4n) is 3.16. The summed E-state index contributed by atoms with van der Waals surface area (Å²) in [6, 6.07) is 9.55. The van der Waals surface area contributed by atoms with Gasteiger partial charge in [-0.3, -0.25) is 0 Å². The van der Waals surface area contributed by atoms with Gasteiger partial charge in [-0.1, -0.05) is 56.0 Å². The number of aryl methyl sites for hydroxylation is 1. The molecule has 1 unspecified atom stereocenters. The number of hydrogen-bond donors (Lipinski definition) is 1. The SMILES string of the molecule is CCCNC(CN1CCCCCCC1)c1ccc(C)cc1. The Hall–Kier alpha value is -0.860. The average Bonchev–Trinajstić information content (AvgIpc) is 2.46. The van der Waals surface area contributed by atoms with Crippen LogP contribution >= 0.6 is 0 Å². The molecule has 1 saturated heterocycles. The molecule has 2 nitrogen and oxygen atoms in total. The second-order valence-corrected chi connectivity index (χ2v) is 6.49. The zero-order valence-electron chi connectivity index (χ0n) is 13.9. The van der Waals surface area contributed by atoms with Crippen molar-refractivity contribution in [2.45, 2.75) is 58.4 Å². The lowest BCUT2D eigenvalue weighted by atomic mass is 10.0. The summed E-state index contributed by atoms with van der Waals surface area (Å²) >= 11 is 0. The smallest absolute Gasteiger partial charge is 0.0449 e. The molecule has 1 aromatic carbocycles. The summed E-state index contributed by atoms with van der Waals surface area (Å²) in [7, 11) is 0. The van der Waals surface area contributed by atoms with Crippen molar-refractivity contribution in [3.05, 3.63) is 35.4 Å². The van der Waals surface area contributed by atoms with Crippen molar-refractivity contribution in [2.75, 3.05) is 26.2 Å². The number of rotatable bonds is 6. The summed E-state index contributed by atoms with van der Waals surface area (Å²) in [6.45, 7) is 9.22. The molecule has 0 bridgehead atoms. The van der Waals surface area contributed by atoms with E-state index in [2.05, 4.69) is 48.3 Å². The minimum Gasteiger partial charge on any atom is -0.309 e. The van der Waals surface area contributed by atoms with Crippen LogP contribution in [0.1, 0.15) is 62.6 Å². The normalized spacial score (nSPS) is 19.0. The van der Waals surface area contributed by atoms with E-state index >= 15 is 0 Å². The third kappa shape index (κ3) is 5.80. The van der Waals surface area contributed by atoms with Gasteiger partial charge in [-0.2, -0.15) is 0 Å². The van der Waals surface area contributed by atoms with Gasteiger partial charge >= 0.3 is 0 Å². The lowest BCUT2D eigenvalue weighted by Crippen LogP contribution is -2.37. The highest BCUT2D eigenvalue weighted by Crippen LogP contribution is 2.18. The van der Waals surface area contributed by atoms with Gasteiger partial charge in [0.25, 0.3) is 0 Å². The molecular formula is C19H32N2. The molecule has 2 rings (SSSR count). The molecule has 0 aliphatic carbocycles. The molecule has 1 aliphatic rings. The van der Waals surface area contributed by atoms with E-state index in [-0.39, 0.29) is 0 Å². The monoisotopic (exact) mass is 288 g/mol. The fourth-order valence-corrected chi connectivity index (χ4v) is 3.16. The Labute approximate surface area is 130 Å². The Morgan fingerprint density at radius 3 is 2.24 bits per heavy atom. The van der Waals surface area contributed by atoms with Gasteiger partial charge < -0.3 is 10.2 Å². The maximum atomic E-state index is 3.75. The van der Waals surface area contributed by atoms with Crippen LogP contribution in [0.3, 0.4) is 0 Å². The standard InChI is InChI=1S/C19H32N2/c1-3-13-20-19(18-11-9-17(2)10-12-18)16-21-14-7-5-4-6-8-15-21/h9-12,19-20H,3-8,13-16H2,1-2H3. The predicted molar refractivity (Wildman–Crippen MR) is 91.7 cm³/mol. The number of benzene rings is 1. The van der Waals surface area contributed by atoms with Crippen molar-refractivity contribution in [1.29, 1.82) is 0 Å². The van der Waals surface area contributed by atoms with E-state index in [4.69, 9.17) is 0 Å². The van der Waals surface area contributed by atoms with Crippen LogP contribution in [-0.2, 0) is 0 Å². The van der Waals surface area contributed by atoms with Gasteiger partial charge in [0, 0.05) is 12.6 Å². The molecule has 0 saturated carbocycles. The van der Waals surface area contributed by atoms with Crippen LogP contribution < -0.4 is 5.32 Å². The van der Waals surface area contributed by atoms with Crippen LogP contribution in [0, 0.1) is 6.92 Å². The first kappa shape index (κ1) is 16.5. The largest absolute Gasteiger partial charge is 0.309 e. The van der Waals surface area contributed by atoms with Crippen LogP contribution in [0.2, 0.25) is 0 Å². The van der Waals surface area contributed by atoms with Gasteiger partial charge in [0.2, 0.25) is 0 Å². The number of nitrogens with one attached hydrogen (secondary N) is 1. The summed E-state index contributed by atoms with van der Waals surface area (Å²) in [5, 5.41) is 3.75. The van der Waals surface area contributed by atoms with E-state index in [9.17, 15) is 0 Å². The number of likely N-dealkylation sites (tertiary alicyclic amines) is 1. The highest BCUT2D eigenvalue weighted by molar-refractivity contribution is 5.24. The molecule has 0 aromatic heterocycles. The Balaban J connectivity index is 1.98. The van der Waals surface area contributed by atoms with Crippen LogP contribution in [0.4, 0.5) is 0 Å². The van der Waals surface area contributed by atoms with E-state index in [1.165, 1.54) is 62.7 Å². The van der Waals surface area contributed by atoms with Crippen molar-refractivity contribution >= 4 is 0 Å². The molecule has 0 radical (unpaired) electrons. The first-order valence-corrected chi connectivity index (χ1v) is 8.82. The van der Waals surface area contributed by atoms with Crippen molar-refractivity contribution < 1.29 is 0 Å². The maximum absolute atomic E-state index is 3.75. The maximum Gasteiger partial charge on any atom is 0.0449 e. The Kier molecular flexibility index (Phi) is 7.25. The molecule has 2 heteroatoms. The van der Waals surface area contributed by atoms with E-state index in [0.29, 0.717) is 6.04 Å². The average molecular weight is 288 g/mol. The number of nitrogens with zero attached hydrogens (tertiary/aromatic N) is 1. The molecule has 1 aromatic rings. The zero-order valence-corrected chi connectivity index (χ0v) is 13.9. The quantitative estimate of drug-likeness (QED) is 0.839. The molecule has 1 N–H and O–H groups in total. The van der Waals surface area contributed by atoms with Crippen molar-refractivity contribution in [2.24, 2.45) is 0 Å². The van der Waals surface area contributed by atoms with E-state index in [0.717, 1.165) is 13.1 Å². The molecule has 0 spiro atoms. The van der Waals surface area contributed by atoms with Gasteiger partial charge in [0.05, 0.1) is 0 Å². The van der Waals surface area contributed by atoms with Gasteiger partial charge in [-0.05, 0) is 51.4 Å². The van der Waals surface area contributed by atoms with Crippen molar-refractivity contribution in [3.63, 3.8) is 0 Å². The first-order chi connectivity index (χ1) is 10.3. The van der Waals surface area contributed by atoms with Crippen LogP contribution in [0.25, 0.3) is 0 Å². The third-order valence-electron chi connectivity index (χ3n) is 4.51. The van der Waals surface area contributed by atoms with Gasteiger partial charge in [-0.15, -0.1) is 0 Å². The van der Waals surface area contributed by atoms with Crippen LogP contribution in [-0.4, -0.2) is 31.1 Å². The number of hydrogen-bond acceptors (Lipinski definition) is 2. The fraction of sp³-hybridized carbons (Fsp3) is 0.684. The summed E-state index contributed by atoms with van der Waals surface area (Å²) in [6.07, 6.45) is 8.19. The summed E-state index contributed by atoms with van der Waals surface area (Å²) in [5.74, 6) is 0. The highest BCUT2D eigenvalue weighted by atomic mass is 15.1. The Morgan fingerprint density at radius 2 is 1.62 bits per heavy atom. The van der Waals surface area contributed by atoms with E-state index < -0.39 is 0 Å². The van der Waals surface area contributed by atoms with Crippen molar-refractivity contribution in [1.82, 2.24) is 10.2 Å². The third-order valence-corrected chi connectivity index (χ3v) is 4.51. The van der Waals surface area contributed by atoms with Crippen LogP contribution in [0.15, 0.2) is 24.3 Å². The molecule has 21 heavy (non-hydrogen) atoms. The molecule has 1 aliphatic heterocycles. The molecule has 1 atom stereocenters. The lowest BCUT2D eigenvalue weighted by Gasteiger charge is -2.30. The Bertz CT molecular complexity index is 377. The minimum atomic E-state index is 0.477. The molecular weight excluding hydrogens is 256 g/mol. The van der Waals surface area contributed by atoms with Gasteiger partial charge in [-0.25, -0.2) is 0 Å². The molecule has 1 heterocycles. The van der Waals surface area contributed by atoms with Crippen molar-refractivity contribution in [3.8, 4) is 0 Å². The lowest BCUT2D eigenvalue weighted by molar-refractivity contribution is 0.222. The summed E-state index contributed by atoms with van der Waals surface area (Å²) in [5.41, 5.74) is 2.79. The minimum absolute atomic E-state index is 0.477. The first-order valence-electron chi connectivity index (χ1n) is 8.82.